The lowest BCUT2D eigenvalue weighted by atomic mass is 10.0. The van der Waals surface area contributed by atoms with Crippen LogP contribution in [-0.2, 0) is 9.59 Å². The van der Waals surface area contributed by atoms with Crippen LogP contribution in [0, 0.1) is 13.8 Å². The number of aromatic nitrogens is 2. The van der Waals surface area contributed by atoms with Crippen LogP contribution in [0.3, 0.4) is 0 Å². The second-order valence-electron chi connectivity index (χ2n) is 17.3. The van der Waals surface area contributed by atoms with Crippen molar-refractivity contribution in [1.82, 2.24) is 19.4 Å². The van der Waals surface area contributed by atoms with Gasteiger partial charge in [0.2, 0.25) is 23.4 Å². The zero-order valence-corrected chi connectivity index (χ0v) is 41.0. The number of hydrogen-bond acceptors (Lipinski definition) is 12. The molecule has 0 unspecified atom stereocenters. The molecule has 4 aromatic heterocycles. The lowest BCUT2D eigenvalue weighted by molar-refractivity contribution is -0.126. The number of rotatable bonds is 21. The predicted molar refractivity (Wildman–Crippen MR) is 282 cm³/mol. The Kier molecular flexibility index (Phi) is 15.5. The first-order valence-corrected chi connectivity index (χ1v) is 23.7. The fourth-order valence-corrected chi connectivity index (χ4v) is 8.53. The van der Waals surface area contributed by atoms with Gasteiger partial charge in [-0.3, -0.25) is 28.8 Å². The van der Waals surface area contributed by atoms with Gasteiger partial charge in [0.1, 0.15) is 24.7 Å². The number of amides is 4. The van der Waals surface area contributed by atoms with Crippen molar-refractivity contribution < 1.29 is 58.0 Å². The summed E-state index contributed by atoms with van der Waals surface area (Å²) in [5, 5.41) is 30.3. The van der Waals surface area contributed by atoms with Gasteiger partial charge in [-0.1, -0.05) is 24.3 Å². The maximum atomic E-state index is 13.8. The number of carbonyl (C=O) groups excluding carboxylic acids is 6. The van der Waals surface area contributed by atoms with E-state index in [4.69, 9.17) is 20.9 Å². The summed E-state index contributed by atoms with van der Waals surface area (Å²) in [7, 11) is 0. The minimum absolute atomic E-state index is 0.0190. The third kappa shape index (κ3) is 11.3. The summed E-state index contributed by atoms with van der Waals surface area (Å²) in [6.45, 7) is 3.70. The Balaban J connectivity index is 0.769. The Bertz CT molecular complexity index is 3420. The van der Waals surface area contributed by atoms with Gasteiger partial charge >= 0.3 is 11.9 Å². The van der Waals surface area contributed by atoms with E-state index in [1.54, 1.807) is 108 Å². The zero-order valence-electron chi connectivity index (χ0n) is 41.0. The van der Waals surface area contributed by atoms with Crippen molar-refractivity contribution in [1.29, 1.82) is 0 Å². The number of hydrogen-bond donors (Lipinski definition) is 8. The fraction of sp³-hybridized carbons (Fsp3) is 0.143. The van der Waals surface area contributed by atoms with Gasteiger partial charge in [-0.25, -0.2) is 9.59 Å². The lowest BCUT2D eigenvalue weighted by Crippen LogP contribution is -2.31. The van der Waals surface area contributed by atoms with E-state index in [2.05, 4.69) is 21.3 Å². The van der Waals surface area contributed by atoms with Crippen molar-refractivity contribution in [2.75, 3.05) is 48.4 Å². The number of anilines is 4. The minimum atomic E-state index is -1.27. The van der Waals surface area contributed by atoms with Crippen molar-refractivity contribution >= 4 is 80.9 Å². The molecule has 0 saturated heterocycles. The summed E-state index contributed by atoms with van der Waals surface area (Å²) in [5.74, 6) is -4.50. The van der Waals surface area contributed by atoms with E-state index >= 15 is 0 Å². The summed E-state index contributed by atoms with van der Waals surface area (Å²) >= 11 is 0. The van der Waals surface area contributed by atoms with E-state index in [1.165, 1.54) is 48.5 Å². The molecule has 8 rings (SSSR count). The third-order valence-corrected chi connectivity index (χ3v) is 12.3. The molecule has 386 valence electrons. The number of nitrogens with one attached hydrogen (secondary N) is 4. The van der Waals surface area contributed by atoms with Crippen LogP contribution in [0.5, 0.6) is 11.5 Å². The van der Waals surface area contributed by atoms with E-state index in [0.717, 1.165) is 0 Å². The van der Waals surface area contributed by atoms with Gasteiger partial charge in [-0.2, -0.15) is 0 Å². The number of pyridine rings is 2. The molecule has 0 fully saturated rings. The van der Waals surface area contributed by atoms with Crippen LogP contribution in [-0.4, -0.2) is 92.5 Å². The molecule has 20 heteroatoms. The first-order valence-electron chi connectivity index (χ1n) is 23.7. The molecular formula is C56H50N8O12. The number of ether oxygens (including phenoxy) is 2. The Morgan fingerprint density at radius 3 is 1.30 bits per heavy atom. The number of fused-ring (bicyclic) bond motifs is 2. The number of carboxylic acid groups (broad SMARTS) is 2. The molecule has 0 spiro atoms. The van der Waals surface area contributed by atoms with Gasteiger partial charge in [0.25, 0.3) is 11.8 Å². The van der Waals surface area contributed by atoms with Crippen LogP contribution >= 0.6 is 0 Å². The SMILES string of the molecule is Cc1c(NC(=O)c2cccc(OCCNC(=O)CCC(=O)NCCOc3cccc(C(=O)Nc4c(C)c(C(=O)c5ccc(N)c(C(=O)O)c5)n5ccccc45)c3)c2)c2ccccn2c1C(=O)c1ccc(N)c(C(=O)O)c1. The Morgan fingerprint density at radius 1 is 0.500 bits per heavy atom. The molecule has 76 heavy (non-hydrogen) atoms. The topological polar surface area (TPSA) is 304 Å². The normalized spacial score (nSPS) is 10.9. The number of benzene rings is 4. The molecular weight excluding hydrogens is 977 g/mol. The highest BCUT2D eigenvalue weighted by Gasteiger charge is 2.26. The molecule has 0 radical (unpaired) electrons. The highest BCUT2D eigenvalue weighted by atomic mass is 16.5. The number of aromatic carboxylic acids is 2. The van der Waals surface area contributed by atoms with Crippen LogP contribution in [0.25, 0.3) is 11.0 Å². The molecule has 0 saturated carbocycles. The largest absolute Gasteiger partial charge is 0.492 e. The zero-order chi connectivity index (χ0) is 54.2. The second kappa shape index (κ2) is 22.7. The van der Waals surface area contributed by atoms with Crippen molar-refractivity contribution in [2.45, 2.75) is 26.7 Å². The summed E-state index contributed by atoms with van der Waals surface area (Å²) in [6.07, 6.45) is 3.15. The fourth-order valence-electron chi connectivity index (χ4n) is 8.53. The van der Waals surface area contributed by atoms with Crippen LogP contribution in [0.15, 0.2) is 134 Å². The molecule has 20 nitrogen and oxygen atoms in total. The molecule has 4 amide bonds. The van der Waals surface area contributed by atoms with E-state index < -0.39 is 35.3 Å². The quantitative estimate of drug-likeness (QED) is 0.0208. The van der Waals surface area contributed by atoms with Crippen LogP contribution in [0.1, 0.15) is 97.5 Å². The average molecular weight is 1030 g/mol. The maximum absolute atomic E-state index is 13.8. The summed E-state index contributed by atoms with van der Waals surface area (Å²) < 4.78 is 14.9. The van der Waals surface area contributed by atoms with E-state index in [-0.39, 0.29) is 107 Å². The molecule has 8 aromatic rings. The lowest BCUT2D eigenvalue weighted by Gasteiger charge is -2.11. The summed E-state index contributed by atoms with van der Waals surface area (Å²) in [5.41, 5.74) is 15.2. The highest BCUT2D eigenvalue weighted by molar-refractivity contribution is 6.16. The van der Waals surface area contributed by atoms with Gasteiger partial charge in [0, 0.05) is 70.0 Å². The minimum Gasteiger partial charge on any atom is -0.492 e. The number of nitrogen functional groups attached to an aromatic ring is 2. The van der Waals surface area contributed by atoms with Crippen molar-refractivity contribution in [3.63, 3.8) is 0 Å². The smallest absolute Gasteiger partial charge is 0.337 e. The second-order valence-corrected chi connectivity index (χ2v) is 17.3. The van der Waals surface area contributed by atoms with Crippen LogP contribution < -0.4 is 42.2 Å². The van der Waals surface area contributed by atoms with Gasteiger partial charge in [-0.15, -0.1) is 0 Å². The van der Waals surface area contributed by atoms with Crippen molar-refractivity contribution in [2.24, 2.45) is 0 Å². The van der Waals surface area contributed by atoms with Crippen molar-refractivity contribution in [3.05, 3.63) is 190 Å². The third-order valence-electron chi connectivity index (χ3n) is 12.3. The average Bonchev–Trinajstić information content (AvgIpc) is 3.94. The number of carbonyl (C=O) groups is 8. The molecule has 0 aliphatic heterocycles. The number of nitrogens with two attached hydrogens (primary N) is 2. The molecule has 4 heterocycles. The number of ketones is 2. The van der Waals surface area contributed by atoms with Crippen LogP contribution in [0.4, 0.5) is 22.7 Å². The first kappa shape index (κ1) is 52.1. The molecule has 0 aliphatic rings. The number of carboxylic acids is 2. The van der Waals surface area contributed by atoms with E-state index in [9.17, 15) is 48.6 Å². The van der Waals surface area contributed by atoms with Crippen LogP contribution in [0.2, 0.25) is 0 Å². The van der Waals surface area contributed by atoms with Crippen molar-refractivity contribution in [3.8, 4) is 11.5 Å². The summed E-state index contributed by atoms with van der Waals surface area (Å²) in [4.78, 5) is 103. The molecule has 0 bridgehead atoms. The number of nitrogens with zero attached hydrogens (tertiary/aromatic N) is 2. The Hall–Kier alpha value is -10.2. The van der Waals surface area contributed by atoms with Gasteiger partial charge in [0.15, 0.2) is 0 Å². The van der Waals surface area contributed by atoms with Gasteiger partial charge < -0.3 is 61.2 Å². The standard InChI is InChI=1S/C56H50N8O12/c1-31-47(43-13-3-5-23-63(43)49(31)51(67)33-15-17-41(57)39(29-33)55(71)72)61-53(69)35-9-7-11-37(27-35)75-25-21-59-45(65)19-20-46(66)60-22-26-76-38-12-8-10-36(28-38)54(70)62-48-32(2)50(64-24-6-4-14-44(48)64)52(68)34-16-18-42(58)40(30-34)56(73)74/h3-18,23-24,27-30H,19-22,25-26,57-58H2,1-2H3,(H,59,65)(H,60,66)(H,61,69)(H,62,70)(H,71,72)(H,73,74). The molecule has 4 aromatic carbocycles. The van der Waals surface area contributed by atoms with E-state index in [0.29, 0.717) is 45.0 Å². The first-order chi connectivity index (χ1) is 36.5. The van der Waals surface area contributed by atoms with Gasteiger partial charge in [0.05, 0.1) is 58.0 Å². The molecule has 10 N–H and O–H groups in total. The Labute approximate surface area is 433 Å². The van der Waals surface area contributed by atoms with E-state index in [1.807, 2.05) is 0 Å². The monoisotopic (exact) mass is 1030 g/mol. The summed E-state index contributed by atoms with van der Waals surface area (Å²) in [6, 6.07) is 31.3. The molecule has 0 atom stereocenters. The Morgan fingerprint density at radius 2 is 0.908 bits per heavy atom. The van der Waals surface area contributed by atoms with Gasteiger partial charge in [-0.05, 0) is 111 Å². The molecule has 0 aliphatic carbocycles. The predicted octanol–water partition coefficient (Wildman–Crippen LogP) is 6.81. The maximum Gasteiger partial charge on any atom is 0.337 e. The highest BCUT2D eigenvalue weighted by Crippen LogP contribution is 2.33.